The van der Waals surface area contributed by atoms with Crippen molar-refractivity contribution in [3.8, 4) is 6.07 Å². The van der Waals surface area contributed by atoms with Crippen molar-refractivity contribution < 1.29 is 26.8 Å². The number of halogens is 2. The molecule has 2 aliphatic heterocycles. The van der Waals surface area contributed by atoms with Crippen LogP contribution in [0.5, 0.6) is 0 Å². The second-order valence-corrected chi connectivity index (χ2v) is 11.4. The number of carbonyl (C=O) groups excluding carboxylic acids is 2. The maximum absolute atomic E-state index is 13.3. The van der Waals surface area contributed by atoms with E-state index in [1.54, 1.807) is 30.0 Å². The van der Waals surface area contributed by atoms with Crippen LogP contribution in [-0.4, -0.2) is 55.1 Å². The van der Waals surface area contributed by atoms with Crippen LogP contribution in [0.15, 0.2) is 53.4 Å². The molecule has 37 heavy (non-hydrogen) atoms. The molecular formula is C26H28F2N4O4S. The van der Waals surface area contributed by atoms with Crippen LogP contribution in [0.25, 0.3) is 0 Å². The van der Waals surface area contributed by atoms with Gasteiger partial charge in [0.15, 0.2) is 0 Å². The summed E-state index contributed by atoms with van der Waals surface area (Å²) < 4.78 is 52.5. The van der Waals surface area contributed by atoms with Crippen molar-refractivity contribution in [2.75, 3.05) is 19.6 Å². The first-order chi connectivity index (χ1) is 17.6. The number of carbonyl (C=O) groups is 2. The van der Waals surface area contributed by atoms with Gasteiger partial charge in [-0.15, -0.1) is 0 Å². The van der Waals surface area contributed by atoms with E-state index in [2.05, 4.69) is 5.32 Å². The Morgan fingerprint density at radius 2 is 1.81 bits per heavy atom. The lowest BCUT2D eigenvalue weighted by Gasteiger charge is -2.34. The average Bonchev–Trinajstić information content (AvgIpc) is 3.30. The Bertz CT molecular complexity index is 1300. The highest BCUT2D eigenvalue weighted by Gasteiger charge is 2.37. The summed E-state index contributed by atoms with van der Waals surface area (Å²) in [6.07, 6.45) is -1.13. The zero-order valence-electron chi connectivity index (χ0n) is 20.3. The van der Waals surface area contributed by atoms with Crippen LogP contribution < -0.4 is 5.32 Å². The summed E-state index contributed by atoms with van der Waals surface area (Å²) in [5.74, 6) is -0.936. The number of hydrogen-bond donors (Lipinski definition) is 1. The zero-order valence-corrected chi connectivity index (χ0v) is 21.1. The van der Waals surface area contributed by atoms with Gasteiger partial charge in [-0.05, 0) is 43.5 Å². The first-order valence-electron chi connectivity index (χ1n) is 12.1. The lowest BCUT2D eigenvalue weighted by atomic mass is 10.0. The van der Waals surface area contributed by atoms with Crippen LogP contribution in [0.1, 0.15) is 60.1 Å². The maximum Gasteiger partial charge on any atom is 0.263 e. The van der Waals surface area contributed by atoms with Gasteiger partial charge in [-0.2, -0.15) is 9.57 Å². The molecule has 2 fully saturated rings. The van der Waals surface area contributed by atoms with E-state index in [9.17, 15) is 26.8 Å². The molecule has 1 N–H and O–H groups in total. The van der Waals surface area contributed by atoms with Gasteiger partial charge in [0, 0.05) is 43.2 Å². The minimum atomic E-state index is -3.80. The van der Waals surface area contributed by atoms with Crippen molar-refractivity contribution in [2.24, 2.45) is 5.92 Å². The zero-order chi connectivity index (χ0) is 26.7. The molecule has 0 bridgehead atoms. The molecule has 0 saturated carbocycles. The monoisotopic (exact) mass is 530 g/mol. The number of hydrogen-bond acceptors (Lipinski definition) is 5. The number of nitrogens with one attached hydrogen (secondary N) is 1. The van der Waals surface area contributed by atoms with E-state index in [0.717, 1.165) is 6.42 Å². The molecule has 0 spiro atoms. The molecule has 2 amide bonds. The lowest BCUT2D eigenvalue weighted by molar-refractivity contribution is -0.122. The summed E-state index contributed by atoms with van der Waals surface area (Å²) in [7, 11) is -3.80. The molecule has 8 nitrogen and oxygen atoms in total. The number of sulfonamides is 1. The highest BCUT2D eigenvalue weighted by atomic mass is 32.2. The van der Waals surface area contributed by atoms with E-state index in [1.165, 1.54) is 34.6 Å². The van der Waals surface area contributed by atoms with Crippen LogP contribution in [0.3, 0.4) is 0 Å². The molecule has 2 aliphatic rings. The predicted octanol–water partition coefficient (Wildman–Crippen LogP) is 3.64. The summed E-state index contributed by atoms with van der Waals surface area (Å²) >= 11 is 0. The van der Waals surface area contributed by atoms with Crippen molar-refractivity contribution in [1.82, 2.24) is 14.5 Å². The van der Waals surface area contributed by atoms with E-state index >= 15 is 0 Å². The van der Waals surface area contributed by atoms with Crippen molar-refractivity contribution in [2.45, 2.75) is 49.6 Å². The summed E-state index contributed by atoms with van der Waals surface area (Å²) in [4.78, 5) is 27.6. The van der Waals surface area contributed by atoms with Gasteiger partial charge in [0.05, 0.1) is 22.9 Å². The first kappa shape index (κ1) is 26.7. The van der Waals surface area contributed by atoms with Gasteiger partial charge in [0.2, 0.25) is 15.9 Å². The van der Waals surface area contributed by atoms with Crippen molar-refractivity contribution >= 4 is 21.8 Å². The SMILES string of the molecule is C[C@@H](NC(=O)C[C@H]1CCCN1C(=O)c1cccc(S(=O)(=O)N2CC(C#N)C2)c1)c1ccc(C(F)F)cc1. The molecule has 0 radical (unpaired) electrons. The number of nitriles is 1. The van der Waals surface area contributed by atoms with Crippen LogP contribution >= 0.6 is 0 Å². The Morgan fingerprint density at radius 3 is 2.46 bits per heavy atom. The Kier molecular flexibility index (Phi) is 7.90. The molecule has 2 saturated heterocycles. The number of alkyl halides is 2. The minimum absolute atomic E-state index is 0.00471. The van der Waals surface area contributed by atoms with Crippen LogP contribution in [-0.2, 0) is 14.8 Å². The molecule has 196 valence electrons. The fourth-order valence-corrected chi connectivity index (χ4v) is 6.24. The third kappa shape index (κ3) is 5.81. The molecule has 0 aromatic heterocycles. The molecule has 2 atom stereocenters. The Balaban J connectivity index is 1.39. The molecule has 0 aliphatic carbocycles. The fraction of sp³-hybridized carbons (Fsp3) is 0.423. The molecule has 11 heteroatoms. The van der Waals surface area contributed by atoms with E-state index in [-0.39, 0.29) is 59.3 Å². The van der Waals surface area contributed by atoms with Crippen LogP contribution in [0.4, 0.5) is 8.78 Å². The van der Waals surface area contributed by atoms with Gasteiger partial charge >= 0.3 is 0 Å². The molecule has 2 aromatic carbocycles. The average molecular weight is 531 g/mol. The van der Waals surface area contributed by atoms with E-state index in [0.29, 0.717) is 18.5 Å². The Morgan fingerprint density at radius 1 is 1.14 bits per heavy atom. The van der Waals surface area contributed by atoms with Crippen molar-refractivity contribution in [3.63, 3.8) is 0 Å². The van der Waals surface area contributed by atoms with Crippen LogP contribution in [0, 0.1) is 17.2 Å². The number of nitrogens with zero attached hydrogens (tertiary/aromatic N) is 3. The van der Waals surface area contributed by atoms with Crippen molar-refractivity contribution in [3.05, 3.63) is 65.2 Å². The summed E-state index contributed by atoms with van der Waals surface area (Å²) in [6, 6.07) is 12.9. The largest absolute Gasteiger partial charge is 0.350 e. The molecular weight excluding hydrogens is 502 g/mol. The quantitative estimate of drug-likeness (QED) is 0.560. The smallest absolute Gasteiger partial charge is 0.263 e. The van der Waals surface area contributed by atoms with Gasteiger partial charge in [0.1, 0.15) is 0 Å². The van der Waals surface area contributed by atoms with Crippen molar-refractivity contribution in [1.29, 1.82) is 5.26 Å². The first-order valence-corrected chi connectivity index (χ1v) is 13.5. The van der Waals surface area contributed by atoms with Gasteiger partial charge in [-0.25, -0.2) is 17.2 Å². The van der Waals surface area contributed by atoms with Crippen LogP contribution in [0.2, 0.25) is 0 Å². The second-order valence-electron chi connectivity index (χ2n) is 9.43. The standard InChI is InChI=1S/C26H28F2N4O4S/c1-17(19-7-9-20(10-8-19)25(27)28)30-24(33)13-22-5-3-11-32(22)26(34)21-4-2-6-23(12-21)37(35,36)31-15-18(14-29)16-31/h2,4,6-10,12,17-18,22,25H,3,5,11,13,15-16H2,1H3,(H,30,33)/t17-,22-/m1/s1. The number of amides is 2. The molecule has 2 heterocycles. The topological polar surface area (TPSA) is 111 Å². The van der Waals surface area contributed by atoms with Gasteiger partial charge in [-0.1, -0.05) is 30.3 Å². The Hall–Kier alpha value is -3.36. The molecule has 0 unspecified atom stereocenters. The maximum atomic E-state index is 13.3. The predicted molar refractivity (Wildman–Crippen MR) is 131 cm³/mol. The van der Waals surface area contributed by atoms with E-state index in [4.69, 9.17) is 5.26 Å². The second kappa shape index (κ2) is 10.9. The third-order valence-electron chi connectivity index (χ3n) is 6.87. The third-order valence-corrected chi connectivity index (χ3v) is 8.70. The number of benzene rings is 2. The number of likely N-dealkylation sites (tertiary alicyclic amines) is 1. The summed E-state index contributed by atoms with van der Waals surface area (Å²) in [5, 5.41) is 11.8. The molecule has 2 aromatic rings. The van der Waals surface area contributed by atoms with Gasteiger partial charge in [-0.3, -0.25) is 9.59 Å². The fourth-order valence-electron chi connectivity index (χ4n) is 4.66. The number of rotatable bonds is 8. The summed E-state index contributed by atoms with van der Waals surface area (Å²) in [5.41, 5.74) is 0.826. The van der Waals surface area contributed by atoms with Gasteiger partial charge in [0.25, 0.3) is 12.3 Å². The summed E-state index contributed by atoms with van der Waals surface area (Å²) in [6.45, 7) is 2.48. The van der Waals surface area contributed by atoms with E-state index < -0.39 is 22.5 Å². The Labute approximate surface area is 214 Å². The minimum Gasteiger partial charge on any atom is -0.350 e. The highest BCUT2D eigenvalue weighted by molar-refractivity contribution is 7.89. The lowest BCUT2D eigenvalue weighted by Crippen LogP contribution is -2.49. The normalized spacial score (nSPS) is 19.3. The molecule has 4 rings (SSSR count). The van der Waals surface area contributed by atoms with Gasteiger partial charge < -0.3 is 10.2 Å². The highest BCUT2D eigenvalue weighted by Crippen LogP contribution is 2.28. The van der Waals surface area contributed by atoms with E-state index in [1.807, 2.05) is 6.07 Å².